The van der Waals surface area contributed by atoms with Crippen LogP contribution >= 0.6 is 0 Å². The molecular formula is C11H17N5. The predicted octanol–water partition coefficient (Wildman–Crippen LogP) is 0.811. The Morgan fingerprint density at radius 3 is 2.62 bits per heavy atom. The van der Waals surface area contributed by atoms with Gasteiger partial charge in [0.2, 0.25) is 0 Å². The molecule has 5 heteroatoms. The highest BCUT2D eigenvalue weighted by atomic mass is 15.7. The van der Waals surface area contributed by atoms with Gasteiger partial charge in [-0.3, -0.25) is 5.43 Å². The molecule has 86 valence electrons. The first-order valence-electron chi connectivity index (χ1n) is 5.21. The highest BCUT2D eigenvalue weighted by molar-refractivity contribution is 5.76. The van der Waals surface area contributed by atoms with Crippen LogP contribution < -0.4 is 27.4 Å². The van der Waals surface area contributed by atoms with Crippen molar-refractivity contribution in [2.24, 2.45) is 0 Å². The molecule has 2 rings (SSSR count). The van der Waals surface area contributed by atoms with Crippen molar-refractivity contribution in [3.05, 3.63) is 29.5 Å². The Morgan fingerprint density at radius 2 is 2.00 bits per heavy atom. The van der Waals surface area contributed by atoms with Gasteiger partial charge in [-0.05, 0) is 31.0 Å². The van der Waals surface area contributed by atoms with E-state index in [0.717, 1.165) is 23.4 Å². The first kappa shape index (κ1) is 10.6. The zero-order valence-corrected chi connectivity index (χ0v) is 9.54. The van der Waals surface area contributed by atoms with E-state index in [1.165, 1.54) is 0 Å². The van der Waals surface area contributed by atoms with Crippen LogP contribution in [0, 0.1) is 13.8 Å². The minimum absolute atomic E-state index is 0.608. The highest BCUT2D eigenvalue weighted by Gasteiger charge is 2.14. The molecule has 1 heterocycles. The number of nitrogens with two attached hydrogens (primary N) is 2. The van der Waals surface area contributed by atoms with Gasteiger partial charge in [-0.1, -0.05) is 6.08 Å². The molecule has 0 atom stereocenters. The van der Waals surface area contributed by atoms with E-state index in [1.54, 1.807) is 0 Å². The van der Waals surface area contributed by atoms with Crippen LogP contribution in [-0.2, 0) is 0 Å². The topological polar surface area (TPSA) is 79.3 Å². The number of hydrogen-bond acceptors (Lipinski definition) is 5. The van der Waals surface area contributed by atoms with Gasteiger partial charge in [-0.25, -0.2) is 10.5 Å². The summed E-state index contributed by atoms with van der Waals surface area (Å²) in [4.78, 5) is 0. The Bertz CT molecular complexity index is 438. The number of anilines is 3. The Kier molecular flexibility index (Phi) is 2.62. The number of hydrazine groups is 2. The van der Waals surface area contributed by atoms with E-state index in [0.29, 0.717) is 11.4 Å². The molecule has 1 aromatic rings. The molecule has 0 fully saturated rings. The number of nitrogens with one attached hydrogen (secondary N) is 2. The summed E-state index contributed by atoms with van der Waals surface area (Å²) in [5.41, 5.74) is 22.4. The van der Waals surface area contributed by atoms with E-state index in [4.69, 9.17) is 11.5 Å². The van der Waals surface area contributed by atoms with E-state index in [1.807, 2.05) is 37.3 Å². The van der Waals surface area contributed by atoms with Crippen molar-refractivity contribution in [1.82, 2.24) is 10.9 Å². The standard InChI is InChI=1S/C11H17N5/c1-7-8(2)11(13)9(12)6-10(7)16-14-4-3-5-15-16/h3-4,6,14-15H,5,12-13H2,1-2H3. The number of benzene rings is 1. The van der Waals surface area contributed by atoms with E-state index in [-0.39, 0.29) is 0 Å². The van der Waals surface area contributed by atoms with Gasteiger partial charge < -0.3 is 11.5 Å². The van der Waals surface area contributed by atoms with Crippen molar-refractivity contribution >= 4 is 17.1 Å². The van der Waals surface area contributed by atoms with Crippen LogP contribution in [0.1, 0.15) is 11.1 Å². The quantitative estimate of drug-likeness (QED) is 0.526. The van der Waals surface area contributed by atoms with Crippen LogP contribution in [-0.4, -0.2) is 6.54 Å². The molecule has 0 aliphatic carbocycles. The molecule has 0 radical (unpaired) electrons. The summed E-state index contributed by atoms with van der Waals surface area (Å²) in [6, 6.07) is 1.87. The maximum absolute atomic E-state index is 5.88. The minimum atomic E-state index is 0.608. The lowest BCUT2D eigenvalue weighted by Crippen LogP contribution is -2.49. The van der Waals surface area contributed by atoms with Gasteiger partial charge in [0.25, 0.3) is 0 Å². The molecule has 0 bridgehead atoms. The Balaban J connectivity index is 2.44. The van der Waals surface area contributed by atoms with Gasteiger partial charge in [0.15, 0.2) is 0 Å². The summed E-state index contributed by atoms with van der Waals surface area (Å²) in [6.07, 6.45) is 3.89. The van der Waals surface area contributed by atoms with Gasteiger partial charge in [-0.2, -0.15) is 0 Å². The fourth-order valence-corrected chi connectivity index (χ4v) is 1.71. The molecule has 6 N–H and O–H groups in total. The largest absolute Gasteiger partial charge is 0.397 e. The summed E-state index contributed by atoms with van der Waals surface area (Å²) < 4.78 is 0. The molecule has 16 heavy (non-hydrogen) atoms. The number of nitrogens with zero attached hydrogens (tertiary/aromatic N) is 1. The number of hydrogen-bond donors (Lipinski definition) is 4. The molecule has 0 amide bonds. The van der Waals surface area contributed by atoms with E-state index in [2.05, 4.69) is 10.9 Å². The second kappa shape index (κ2) is 3.94. The minimum Gasteiger partial charge on any atom is -0.397 e. The maximum atomic E-state index is 5.88. The second-order valence-electron chi connectivity index (χ2n) is 3.88. The van der Waals surface area contributed by atoms with E-state index >= 15 is 0 Å². The molecule has 0 spiro atoms. The fourth-order valence-electron chi connectivity index (χ4n) is 1.71. The number of nitrogen functional groups attached to an aromatic ring is 2. The maximum Gasteiger partial charge on any atom is 0.0810 e. The summed E-state index contributed by atoms with van der Waals surface area (Å²) in [6.45, 7) is 4.79. The SMILES string of the molecule is Cc1c(N2NC=CCN2)cc(N)c(N)c1C. The summed E-state index contributed by atoms with van der Waals surface area (Å²) in [5, 5.41) is 1.85. The summed E-state index contributed by atoms with van der Waals surface area (Å²) in [7, 11) is 0. The van der Waals surface area contributed by atoms with Crippen molar-refractivity contribution in [2.75, 3.05) is 23.1 Å². The third-order valence-electron chi connectivity index (χ3n) is 2.88. The molecule has 0 saturated carbocycles. The Morgan fingerprint density at radius 1 is 1.25 bits per heavy atom. The first-order chi connectivity index (χ1) is 7.61. The fraction of sp³-hybridized carbons (Fsp3) is 0.273. The zero-order chi connectivity index (χ0) is 11.7. The monoisotopic (exact) mass is 219 g/mol. The van der Waals surface area contributed by atoms with Gasteiger partial charge >= 0.3 is 0 Å². The average molecular weight is 219 g/mol. The molecule has 5 nitrogen and oxygen atoms in total. The Labute approximate surface area is 95.0 Å². The number of rotatable bonds is 1. The average Bonchev–Trinajstić information content (AvgIpc) is 2.32. The second-order valence-corrected chi connectivity index (χ2v) is 3.88. The summed E-state index contributed by atoms with van der Waals surface area (Å²) in [5.74, 6) is 0. The Hall–Kier alpha value is -1.88. The van der Waals surface area contributed by atoms with Gasteiger partial charge in [0.1, 0.15) is 0 Å². The van der Waals surface area contributed by atoms with Crippen molar-refractivity contribution in [3.8, 4) is 0 Å². The molecule has 1 aliphatic heterocycles. The van der Waals surface area contributed by atoms with Crippen molar-refractivity contribution < 1.29 is 0 Å². The lowest BCUT2D eigenvalue weighted by atomic mass is 10.0. The predicted molar refractivity (Wildman–Crippen MR) is 67.5 cm³/mol. The van der Waals surface area contributed by atoms with Crippen molar-refractivity contribution in [3.63, 3.8) is 0 Å². The van der Waals surface area contributed by atoms with Crippen LogP contribution in [0.2, 0.25) is 0 Å². The van der Waals surface area contributed by atoms with Crippen molar-refractivity contribution in [2.45, 2.75) is 13.8 Å². The third-order valence-corrected chi connectivity index (χ3v) is 2.88. The van der Waals surface area contributed by atoms with E-state index < -0.39 is 0 Å². The van der Waals surface area contributed by atoms with Crippen LogP contribution in [0.15, 0.2) is 18.3 Å². The zero-order valence-electron chi connectivity index (χ0n) is 9.54. The highest BCUT2D eigenvalue weighted by Crippen LogP contribution is 2.31. The van der Waals surface area contributed by atoms with Crippen LogP contribution in [0.4, 0.5) is 17.1 Å². The normalized spacial score (nSPS) is 15.0. The molecule has 1 aromatic carbocycles. The summed E-state index contributed by atoms with van der Waals surface area (Å²) >= 11 is 0. The van der Waals surface area contributed by atoms with Crippen LogP contribution in [0.3, 0.4) is 0 Å². The molecule has 1 aliphatic rings. The van der Waals surface area contributed by atoms with E-state index in [9.17, 15) is 0 Å². The van der Waals surface area contributed by atoms with Gasteiger partial charge in [0, 0.05) is 12.7 Å². The lowest BCUT2D eigenvalue weighted by Gasteiger charge is -2.30. The van der Waals surface area contributed by atoms with Gasteiger partial charge in [0.05, 0.1) is 17.1 Å². The smallest absolute Gasteiger partial charge is 0.0810 e. The molecular weight excluding hydrogens is 202 g/mol. The van der Waals surface area contributed by atoms with Crippen LogP contribution in [0.5, 0.6) is 0 Å². The van der Waals surface area contributed by atoms with Crippen molar-refractivity contribution in [1.29, 1.82) is 0 Å². The van der Waals surface area contributed by atoms with Gasteiger partial charge in [-0.15, -0.1) is 0 Å². The molecule has 0 aromatic heterocycles. The van der Waals surface area contributed by atoms with Crippen LogP contribution in [0.25, 0.3) is 0 Å². The molecule has 0 unspecified atom stereocenters. The lowest BCUT2D eigenvalue weighted by molar-refractivity contribution is 0.592. The molecule has 0 saturated heterocycles. The first-order valence-corrected chi connectivity index (χ1v) is 5.21. The third kappa shape index (κ3) is 1.65.